The highest BCUT2D eigenvalue weighted by atomic mass is 19.1. The summed E-state index contributed by atoms with van der Waals surface area (Å²) in [5.41, 5.74) is 1.32. The Morgan fingerprint density at radius 2 is 1.73 bits per heavy atom. The molecule has 33 heavy (non-hydrogen) atoms. The summed E-state index contributed by atoms with van der Waals surface area (Å²) in [5.74, 6) is 0.415. The van der Waals surface area contributed by atoms with Crippen molar-refractivity contribution in [3.63, 3.8) is 0 Å². The minimum Gasteiger partial charge on any atom is -0.497 e. The van der Waals surface area contributed by atoms with Crippen molar-refractivity contribution in [3.05, 3.63) is 100 Å². The van der Waals surface area contributed by atoms with Crippen molar-refractivity contribution >= 4 is 16.8 Å². The summed E-state index contributed by atoms with van der Waals surface area (Å²) in [5, 5.41) is 0.486. The lowest BCUT2D eigenvalue weighted by Crippen LogP contribution is -2.36. The first-order valence-corrected chi connectivity index (χ1v) is 10.6. The Balaban J connectivity index is 1.88. The third-order valence-corrected chi connectivity index (χ3v) is 5.70. The predicted octanol–water partition coefficient (Wildman–Crippen LogP) is 4.76. The Hall–Kier alpha value is -4.00. The number of para-hydroxylation sites is 1. The Morgan fingerprint density at radius 3 is 2.36 bits per heavy atom. The van der Waals surface area contributed by atoms with Gasteiger partial charge in [0.25, 0.3) is 11.5 Å². The number of methoxy groups -OCH3 is 1. The fraction of sp³-hybridized carbons (Fsp3) is 0.192. The maximum Gasteiger partial charge on any atom is 0.266 e. The van der Waals surface area contributed by atoms with Crippen molar-refractivity contribution in [2.45, 2.75) is 19.4 Å². The molecule has 6 nitrogen and oxygen atoms in total. The fourth-order valence-corrected chi connectivity index (χ4v) is 3.92. The van der Waals surface area contributed by atoms with Gasteiger partial charge in [0.15, 0.2) is 0 Å². The summed E-state index contributed by atoms with van der Waals surface area (Å²) >= 11 is 0. The predicted molar refractivity (Wildman–Crippen MR) is 125 cm³/mol. The molecular formula is C26H24FN3O3. The summed E-state index contributed by atoms with van der Waals surface area (Å²) in [6, 6.07) is 19.2. The monoisotopic (exact) mass is 445 g/mol. The summed E-state index contributed by atoms with van der Waals surface area (Å²) in [4.78, 5) is 33.1. The van der Waals surface area contributed by atoms with Crippen molar-refractivity contribution in [3.8, 4) is 11.4 Å². The lowest BCUT2D eigenvalue weighted by molar-refractivity contribution is 0.0717. The summed E-state index contributed by atoms with van der Waals surface area (Å²) in [7, 11) is 3.24. The van der Waals surface area contributed by atoms with E-state index in [1.165, 1.54) is 24.3 Å². The van der Waals surface area contributed by atoms with Crippen molar-refractivity contribution in [2.24, 2.45) is 0 Å². The molecule has 0 aliphatic heterocycles. The van der Waals surface area contributed by atoms with Gasteiger partial charge in [-0.2, -0.15) is 0 Å². The number of halogens is 1. The van der Waals surface area contributed by atoms with E-state index in [1.807, 2.05) is 13.0 Å². The average molecular weight is 445 g/mol. The van der Waals surface area contributed by atoms with Crippen LogP contribution < -0.4 is 10.3 Å². The second-order valence-electron chi connectivity index (χ2n) is 7.67. The number of fused-ring (bicyclic) bond motifs is 1. The van der Waals surface area contributed by atoms with Gasteiger partial charge in [-0.15, -0.1) is 0 Å². The molecule has 4 aromatic rings. The van der Waals surface area contributed by atoms with Gasteiger partial charge in [-0.25, -0.2) is 9.37 Å². The minimum atomic E-state index is -0.498. The summed E-state index contributed by atoms with van der Waals surface area (Å²) in [6.45, 7) is 1.93. The second kappa shape index (κ2) is 9.24. The molecule has 1 unspecified atom stereocenters. The van der Waals surface area contributed by atoms with Gasteiger partial charge in [-0.3, -0.25) is 14.2 Å². The standard InChI is InChI=1S/C26H24FN3O3/c1-4-23(29(2)25(31)17-9-11-18(27)12-10-17)24-28-22-8-6-5-7-21(22)26(32)30(24)19-13-15-20(33-3)16-14-19/h5-16,23H,4H2,1-3H3. The fourth-order valence-electron chi connectivity index (χ4n) is 3.92. The number of hydrogen-bond acceptors (Lipinski definition) is 4. The molecule has 1 heterocycles. The molecule has 4 rings (SSSR count). The van der Waals surface area contributed by atoms with E-state index in [0.29, 0.717) is 40.1 Å². The molecule has 7 heteroatoms. The molecule has 0 saturated heterocycles. The lowest BCUT2D eigenvalue weighted by atomic mass is 10.1. The van der Waals surface area contributed by atoms with E-state index in [-0.39, 0.29) is 11.5 Å². The highest BCUT2D eigenvalue weighted by Gasteiger charge is 2.27. The van der Waals surface area contributed by atoms with Crippen LogP contribution in [-0.4, -0.2) is 34.5 Å². The number of rotatable bonds is 6. The van der Waals surface area contributed by atoms with Gasteiger partial charge in [0.2, 0.25) is 0 Å². The number of carbonyl (C=O) groups excluding carboxylic acids is 1. The van der Waals surface area contributed by atoms with Gasteiger partial charge < -0.3 is 9.64 Å². The third-order valence-electron chi connectivity index (χ3n) is 5.70. The molecule has 0 radical (unpaired) electrons. The highest BCUT2D eigenvalue weighted by Crippen LogP contribution is 2.27. The Bertz CT molecular complexity index is 1350. The van der Waals surface area contributed by atoms with Crippen molar-refractivity contribution in [1.29, 1.82) is 0 Å². The number of amides is 1. The molecule has 1 atom stereocenters. The van der Waals surface area contributed by atoms with Crippen LogP contribution in [0.5, 0.6) is 5.75 Å². The van der Waals surface area contributed by atoms with E-state index < -0.39 is 11.9 Å². The van der Waals surface area contributed by atoms with Gasteiger partial charge in [0.05, 0.1) is 29.7 Å². The Morgan fingerprint density at radius 1 is 1.06 bits per heavy atom. The van der Waals surface area contributed by atoms with Gasteiger partial charge in [-0.05, 0) is 67.1 Å². The first-order valence-electron chi connectivity index (χ1n) is 10.6. The molecule has 0 aliphatic carbocycles. The van der Waals surface area contributed by atoms with Gasteiger partial charge in [0, 0.05) is 12.6 Å². The van der Waals surface area contributed by atoms with Gasteiger partial charge in [-0.1, -0.05) is 19.1 Å². The Labute approximate surface area is 190 Å². The quantitative estimate of drug-likeness (QED) is 0.429. The number of ether oxygens (including phenoxy) is 1. The molecule has 0 spiro atoms. The van der Waals surface area contributed by atoms with Crippen LogP contribution in [0.1, 0.15) is 35.6 Å². The first-order chi connectivity index (χ1) is 15.9. The lowest BCUT2D eigenvalue weighted by Gasteiger charge is -2.29. The molecule has 1 amide bonds. The first kappa shape index (κ1) is 22.2. The van der Waals surface area contributed by atoms with E-state index in [0.717, 1.165) is 0 Å². The molecule has 0 aliphatic rings. The van der Waals surface area contributed by atoms with E-state index >= 15 is 0 Å². The normalized spacial score (nSPS) is 11.9. The van der Waals surface area contributed by atoms with E-state index in [9.17, 15) is 14.0 Å². The third kappa shape index (κ3) is 4.22. The van der Waals surface area contributed by atoms with Gasteiger partial charge >= 0.3 is 0 Å². The molecule has 1 aromatic heterocycles. The summed E-state index contributed by atoms with van der Waals surface area (Å²) < 4.78 is 20.1. The summed E-state index contributed by atoms with van der Waals surface area (Å²) in [6.07, 6.45) is 0.518. The average Bonchev–Trinajstić information content (AvgIpc) is 2.85. The zero-order valence-corrected chi connectivity index (χ0v) is 18.7. The maximum absolute atomic E-state index is 13.6. The molecular weight excluding hydrogens is 421 g/mol. The number of aromatic nitrogens is 2. The van der Waals surface area contributed by atoms with Crippen LogP contribution in [0.2, 0.25) is 0 Å². The molecule has 0 N–H and O–H groups in total. The Kier molecular flexibility index (Phi) is 6.22. The van der Waals surface area contributed by atoms with E-state index in [2.05, 4.69) is 0 Å². The largest absolute Gasteiger partial charge is 0.497 e. The molecule has 168 valence electrons. The topological polar surface area (TPSA) is 64.4 Å². The van der Waals surface area contributed by atoms with Crippen molar-refractivity contribution in [1.82, 2.24) is 14.5 Å². The van der Waals surface area contributed by atoms with Crippen LogP contribution in [0, 0.1) is 5.82 Å². The van der Waals surface area contributed by atoms with Crippen LogP contribution in [0.4, 0.5) is 4.39 Å². The zero-order chi connectivity index (χ0) is 23.5. The highest BCUT2D eigenvalue weighted by molar-refractivity contribution is 5.94. The van der Waals surface area contributed by atoms with Crippen LogP contribution >= 0.6 is 0 Å². The molecule has 0 bridgehead atoms. The SMILES string of the molecule is CCC(c1nc2ccccc2c(=O)n1-c1ccc(OC)cc1)N(C)C(=O)c1ccc(F)cc1. The minimum absolute atomic E-state index is 0.221. The number of benzene rings is 3. The van der Waals surface area contributed by atoms with E-state index in [1.54, 1.807) is 66.1 Å². The van der Waals surface area contributed by atoms with Gasteiger partial charge in [0.1, 0.15) is 17.4 Å². The van der Waals surface area contributed by atoms with Crippen LogP contribution in [0.3, 0.4) is 0 Å². The molecule has 0 saturated carbocycles. The number of nitrogens with zero attached hydrogens (tertiary/aromatic N) is 3. The van der Waals surface area contributed by atoms with Crippen LogP contribution in [0.25, 0.3) is 16.6 Å². The smallest absolute Gasteiger partial charge is 0.266 e. The second-order valence-corrected chi connectivity index (χ2v) is 7.67. The maximum atomic E-state index is 13.6. The van der Waals surface area contributed by atoms with Crippen molar-refractivity contribution < 1.29 is 13.9 Å². The van der Waals surface area contributed by atoms with E-state index in [4.69, 9.17) is 9.72 Å². The molecule has 3 aromatic carbocycles. The zero-order valence-electron chi connectivity index (χ0n) is 18.7. The van der Waals surface area contributed by atoms with Crippen LogP contribution in [0.15, 0.2) is 77.6 Å². The van der Waals surface area contributed by atoms with Crippen LogP contribution in [-0.2, 0) is 0 Å². The molecule has 0 fully saturated rings. The number of carbonyl (C=O) groups is 1. The van der Waals surface area contributed by atoms with Crippen molar-refractivity contribution in [2.75, 3.05) is 14.2 Å². The number of hydrogen-bond donors (Lipinski definition) is 0.